The van der Waals surface area contributed by atoms with Gasteiger partial charge in [-0.25, -0.2) is 0 Å². The number of hydrogen-bond donors (Lipinski definition) is 1. The van der Waals surface area contributed by atoms with Crippen LogP contribution in [0.5, 0.6) is 0 Å². The van der Waals surface area contributed by atoms with E-state index in [2.05, 4.69) is 56.4 Å². The number of ether oxygens (including phenoxy) is 1. The fourth-order valence-corrected chi connectivity index (χ4v) is 2.97. The summed E-state index contributed by atoms with van der Waals surface area (Å²) in [6.07, 6.45) is 3.85. The van der Waals surface area contributed by atoms with Gasteiger partial charge in [-0.05, 0) is 30.9 Å². The summed E-state index contributed by atoms with van der Waals surface area (Å²) in [5.41, 5.74) is 1.25. The van der Waals surface area contributed by atoms with Gasteiger partial charge in [0, 0.05) is 38.3 Å². The zero-order valence-electron chi connectivity index (χ0n) is 13.2. The molecular formula is C16H25BrIN3O. The summed E-state index contributed by atoms with van der Waals surface area (Å²) in [6, 6.07) is 8.28. The Balaban J connectivity index is 0.00000242. The lowest BCUT2D eigenvalue weighted by Gasteiger charge is -2.23. The Morgan fingerprint density at radius 1 is 1.45 bits per heavy atom. The highest BCUT2D eigenvalue weighted by molar-refractivity contribution is 14.0. The fourth-order valence-electron chi connectivity index (χ4n) is 2.56. The van der Waals surface area contributed by atoms with Crippen LogP contribution in [0.4, 0.5) is 0 Å². The van der Waals surface area contributed by atoms with Crippen molar-refractivity contribution in [1.82, 2.24) is 10.2 Å². The molecule has 1 aromatic rings. The zero-order valence-corrected chi connectivity index (χ0v) is 17.1. The molecule has 22 heavy (non-hydrogen) atoms. The van der Waals surface area contributed by atoms with Crippen LogP contribution in [0.2, 0.25) is 0 Å². The van der Waals surface area contributed by atoms with Gasteiger partial charge < -0.3 is 15.0 Å². The number of benzene rings is 1. The summed E-state index contributed by atoms with van der Waals surface area (Å²) in [7, 11) is 3.88. The molecule has 124 valence electrons. The highest BCUT2D eigenvalue weighted by Gasteiger charge is 2.15. The van der Waals surface area contributed by atoms with Gasteiger partial charge in [-0.15, -0.1) is 24.0 Å². The van der Waals surface area contributed by atoms with E-state index >= 15 is 0 Å². The average Bonchev–Trinajstić information content (AvgIpc) is 2.99. The Bertz CT molecular complexity index is 478. The van der Waals surface area contributed by atoms with Crippen LogP contribution in [-0.4, -0.2) is 44.2 Å². The van der Waals surface area contributed by atoms with Crippen LogP contribution in [-0.2, 0) is 11.3 Å². The van der Waals surface area contributed by atoms with Crippen LogP contribution in [0.1, 0.15) is 24.8 Å². The molecule has 0 aromatic heterocycles. The zero-order chi connectivity index (χ0) is 15.1. The van der Waals surface area contributed by atoms with Crippen LogP contribution in [0.3, 0.4) is 0 Å². The van der Waals surface area contributed by atoms with Crippen molar-refractivity contribution >= 4 is 45.9 Å². The van der Waals surface area contributed by atoms with Gasteiger partial charge >= 0.3 is 0 Å². The molecule has 2 rings (SSSR count). The van der Waals surface area contributed by atoms with Gasteiger partial charge in [0.25, 0.3) is 0 Å². The Hall–Kier alpha value is -0.340. The molecule has 6 heteroatoms. The first-order valence-electron chi connectivity index (χ1n) is 7.47. The number of nitrogens with zero attached hydrogens (tertiary/aromatic N) is 2. The quantitative estimate of drug-likeness (QED) is 0.396. The molecular weight excluding hydrogens is 457 g/mol. The number of halogens is 2. The first kappa shape index (κ1) is 19.7. The average molecular weight is 482 g/mol. The Morgan fingerprint density at radius 2 is 2.23 bits per heavy atom. The van der Waals surface area contributed by atoms with Crippen LogP contribution in [0.25, 0.3) is 0 Å². The van der Waals surface area contributed by atoms with E-state index in [0.29, 0.717) is 6.10 Å². The van der Waals surface area contributed by atoms with Gasteiger partial charge in [0.05, 0.1) is 6.10 Å². The third-order valence-electron chi connectivity index (χ3n) is 3.71. The SMILES string of the molecule is CN=C(NCCC1CCCO1)N(C)Cc1ccccc1Br.I. The third-order valence-corrected chi connectivity index (χ3v) is 4.49. The maximum Gasteiger partial charge on any atom is 0.193 e. The molecule has 1 aliphatic heterocycles. The molecule has 0 aliphatic carbocycles. The number of aliphatic imine (C=N–C) groups is 1. The normalized spacial score (nSPS) is 18.0. The van der Waals surface area contributed by atoms with E-state index in [1.54, 1.807) is 0 Å². The van der Waals surface area contributed by atoms with Crippen molar-refractivity contribution in [2.75, 3.05) is 27.2 Å². The second kappa shape index (κ2) is 10.4. The molecule has 0 spiro atoms. The molecule has 0 bridgehead atoms. The second-order valence-electron chi connectivity index (χ2n) is 5.35. The Labute approximate surface area is 158 Å². The third kappa shape index (κ3) is 6.04. The van der Waals surface area contributed by atoms with Crippen LogP contribution >= 0.6 is 39.9 Å². The molecule has 4 nitrogen and oxygen atoms in total. The summed E-state index contributed by atoms with van der Waals surface area (Å²) >= 11 is 3.59. The lowest BCUT2D eigenvalue weighted by molar-refractivity contribution is 0.105. The summed E-state index contributed by atoms with van der Waals surface area (Å²) in [5, 5.41) is 3.42. The second-order valence-corrected chi connectivity index (χ2v) is 6.20. The van der Waals surface area contributed by atoms with E-state index < -0.39 is 0 Å². The molecule has 1 heterocycles. The van der Waals surface area contributed by atoms with Crippen LogP contribution < -0.4 is 5.32 Å². The minimum absolute atomic E-state index is 0. The van der Waals surface area contributed by atoms with Crippen molar-refractivity contribution < 1.29 is 4.74 Å². The topological polar surface area (TPSA) is 36.9 Å². The molecule has 0 radical (unpaired) electrons. The molecule has 1 unspecified atom stereocenters. The van der Waals surface area contributed by atoms with Gasteiger partial charge in [0.1, 0.15) is 0 Å². The van der Waals surface area contributed by atoms with Crippen LogP contribution in [0, 0.1) is 0 Å². The molecule has 1 N–H and O–H groups in total. The van der Waals surface area contributed by atoms with Gasteiger partial charge in [-0.1, -0.05) is 34.1 Å². The van der Waals surface area contributed by atoms with E-state index in [0.717, 1.165) is 36.5 Å². The first-order chi connectivity index (χ1) is 10.2. The van der Waals surface area contributed by atoms with Crippen molar-refractivity contribution in [2.45, 2.75) is 31.9 Å². The van der Waals surface area contributed by atoms with Crippen LogP contribution in [0.15, 0.2) is 33.7 Å². The lowest BCUT2D eigenvalue weighted by Crippen LogP contribution is -2.39. The summed E-state index contributed by atoms with van der Waals surface area (Å²) in [6.45, 7) is 2.64. The van der Waals surface area contributed by atoms with E-state index in [9.17, 15) is 0 Å². The van der Waals surface area contributed by atoms with E-state index in [-0.39, 0.29) is 24.0 Å². The Kier molecular flexibility index (Phi) is 9.35. The molecule has 0 amide bonds. The highest BCUT2D eigenvalue weighted by Crippen LogP contribution is 2.17. The van der Waals surface area contributed by atoms with Gasteiger partial charge in [0.2, 0.25) is 0 Å². The number of nitrogens with one attached hydrogen (secondary N) is 1. The van der Waals surface area contributed by atoms with Crippen molar-refractivity contribution in [3.05, 3.63) is 34.3 Å². The monoisotopic (exact) mass is 481 g/mol. The minimum Gasteiger partial charge on any atom is -0.378 e. The maximum absolute atomic E-state index is 5.64. The molecule has 1 fully saturated rings. The molecule has 1 aromatic carbocycles. The van der Waals surface area contributed by atoms with Gasteiger partial charge in [-0.3, -0.25) is 4.99 Å². The summed E-state index contributed by atoms with van der Waals surface area (Å²) < 4.78 is 6.77. The van der Waals surface area contributed by atoms with Crippen molar-refractivity contribution in [3.8, 4) is 0 Å². The van der Waals surface area contributed by atoms with E-state index in [1.807, 2.05) is 13.1 Å². The molecule has 1 aliphatic rings. The van der Waals surface area contributed by atoms with Crippen molar-refractivity contribution in [1.29, 1.82) is 0 Å². The molecule has 1 saturated heterocycles. The predicted molar refractivity (Wildman–Crippen MR) is 106 cm³/mol. The van der Waals surface area contributed by atoms with E-state index in [4.69, 9.17) is 4.74 Å². The smallest absolute Gasteiger partial charge is 0.193 e. The van der Waals surface area contributed by atoms with Crippen molar-refractivity contribution in [3.63, 3.8) is 0 Å². The highest BCUT2D eigenvalue weighted by atomic mass is 127. The summed E-state index contributed by atoms with van der Waals surface area (Å²) in [4.78, 5) is 6.49. The molecule has 1 atom stereocenters. The van der Waals surface area contributed by atoms with Gasteiger partial charge in [-0.2, -0.15) is 0 Å². The summed E-state index contributed by atoms with van der Waals surface area (Å²) in [5.74, 6) is 0.920. The largest absolute Gasteiger partial charge is 0.378 e. The number of guanidine groups is 1. The molecule has 0 saturated carbocycles. The van der Waals surface area contributed by atoms with Crippen molar-refractivity contribution in [2.24, 2.45) is 4.99 Å². The number of rotatable bonds is 5. The predicted octanol–water partition coefficient (Wildman–Crippen LogP) is 3.64. The van der Waals surface area contributed by atoms with Gasteiger partial charge in [0.15, 0.2) is 5.96 Å². The maximum atomic E-state index is 5.64. The number of hydrogen-bond acceptors (Lipinski definition) is 2. The standard InChI is InChI=1S/C16H24BrN3O.HI/c1-18-16(19-10-9-14-7-5-11-21-14)20(2)12-13-6-3-4-8-15(13)17;/h3-4,6,8,14H,5,7,9-12H2,1-2H3,(H,18,19);1H. The lowest BCUT2D eigenvalue weighted by atomic mass is 10.2. The first-order valence-corrected chi connectivity index (χ1v) is 8.27. The fraction of sp³-hybridized carbons (Fsp3) is 0.562. The minimum atomic E-state index is 0. The Morgan fingerprint density at radius 3 is 2.86 bits per heavy atom. The van der Waals surface area contributed by atoms with E-state index in [1.165, 1.54) is 18.4 Å².